The van der Waals surface area contributed by atoms with E-state index in [0.29, 0.717) is 23.1 Å². The van der Waals surface area contributed by atoms with Crippen molar-refractivity contribution in [2.24, 2.45) is 0 Å². The molecule has 2 amide bonds. The molecular weight excluding hydrogens is 344 g/mol. The van der Waals surface area contributed by atoms with Crippen LogP contribution in [-0.2, 0) is 17.9 Å². The second-order valence-electron chi connectivity index (χ2n) is 5.61. The Bertz CT molecular complexity index is 940. The number of amides is 2. The molecule has 0 saturated heterocycles. The molecular formula is C16H14N4O4S. The fraction of sp³-hybridized carbons (Fsp3) is 0.250. The fourth-order valence-corrected chi connectivity index (χ4v) is 3.60. The Labute approximate surface area is 146 Å². The van der Waals surface area contributed by atoms with Gasteiger partial charge in [0.2, 0.25) is 0 Å². The Morgan fingerprint density at radius 3 is 3.16 bits per heavy atom. The maximum Gasteiger partial charge on any atom is 0.267 e. The van der Waals surface area contributed by atoms with Gasteiger partial charge < -0.3 is 15.4 Å². The van der Waals surface area contributed by atoms with Crippen LogP contribution in [0.5, 0.6) is 5.75 Å². The van der Waals surface area contributed by atoms with Crippen LogP contribution >= 0.6 is 11.8 Å². The largest absolute Gasteiger partial charge is 0.482 e. The van der Waals surface area contributed by atoms with Crippen LogP contribution < -0.4 is 20.9 Å². The molecule has 0 saturated carbocycles. The third kappa shape index (κ3) is 2.98. The number of rotatable bonds is 3. The van der Waals surface area contributed by atoms with E-state index in [0.717, 1.165) is 11.3 Å². The number of fused-ring (bicyclic) bond motifs is 2. The van der Waals surface area contributed by atoms with Crippen molar-refractivity contribution in [3.8, 4) is 5.75 Å². The lowest BCUT2D eigenvalue weighted by Gasteiger charge is -2.18. The lowest BCUT2D eigenvalue weighted by molar-refractivity contribution is -0.118. The van der Waals surface area contributed by atoms with Crippen LogP contribution in [0.1, 0.15) is 15.9 Å². The van der Waals surface area contributed by atoms with E-state index >= 15 is 0 Å². The van der Waals surface area contributed by atoms with Crippen molar-refractivity contribution in [1.82, 2.24) is 14.9 Å². The van der Waals surface area contributed by atoms with Gasteiger partial charge in [0.25, 0.3) is 17.4 Å². The Hall–Kier alpha value is -2.81. The second-order valence-corrected chi connectivity index (χ2v) is 6.67. The molecule has 128 valence electrons. The highest BCUT2D eigenvalue weighted by atomic mass is 32.2. The number of hydrogen-bond acceptors (Lipinski definition) is 6. The first-order valence-electron chi connectivity index (χ1n) is 7.68. The summed E-state index contributed by atoms with van der Waals surface area (Å²) in [4.78, 5) is 40.2. The van der Waals surface area contributed by atoms with Crippen molar-refractivity contribution in [3.63, 3.8) is 0 Å². The number of aromatic nitrogens is 2. The molecule has 0 fully saturated rings. The number of hydrogen-bond donors (Lipinski definition) is 2. The Balaban J connectivity index is 1.49. The molecule has 1 aromatic carbocycles. The molecule has 2 aliphatic rings. The molecule has 0 spiro atoms. The van der Waals surface area contributed by atoms with Gasteiger partial charge in [-0.1, -0.05) is 17.8 Å². The molecule has 2 N–H and O–H groups in total. The molecule has 3 heterocycles. The summed E-state index contributed by atoms with van der Waals surface area (Å²) in [6.45, 7) is 0.784. The van der Waals surface area contributed by atoms with Gasteiger partial charge >= 0.3 is 0 Å². The number of carbonyl (C=O) groups is 2. The lowest BCUT2D eigenvalue weighted by Crippen LogP contribution is -2.33. The Kier molecular flexibility index (Phi) is 3.92. The number of carbonyl (C=O) groups excluding carboxylic acids is 2. The van der Waals surface area contributed by atoms with Gasteiger partial charge in [0.1, 0.15) is 11.3 Å². The summed E-state index contributed by atoms with van der Waals surface area (Å²) in [6, 6.07) is 5.26. The van der Waals surface area contributed by atoms with Crippen molar-refractivity contribution >= 4 is 29.3 Å². The van der Waals surface area contributed by atoms with Gasteiger partial charge in [-0.25, -0.2) is 4.98 Å². The average molecular weight is 358 g/mol. The molecule has 9 heteroatoms. The number of anilines is 1. The first-order valence-corrected chi connectivity index (χ1v) is 8.67. The van der Waals surface area contributed by atoms with Crippen LogP contribution in [0.2, 0.25) is 0 Å². The number of nitrogens with one attached hydrogen (secondary N) is 2. The second kappa shape index (κ2) is 6.25. The van der Waals surface area contributed by atoms with Crippen molar-refractivity contribution in [3.05, 3.63) is 45.9 Å². The summed E-state index contributed by atoms with van der Waals surface area (Å²) < 4.78 is 6.81. The van der Waals surface area contributed by atoms with E-state index in [-0.39, 0.29) is 30.2 Å². The molecule has 0 bridgehead atoms. The van der Waals surface area contributed by atoms with Crippen LogP contribution in [0.3, 0.4) is 0 Å². The van der Waals surface area contributed by atoms with E-state index in [1.807, 2.05) is 0 Å². The van der Waals surface area contributed by atoms with Crippen LogP contribution in [0.15, 0.2) is 34.3 Å². The highest BCUT2D eigenvalue weighted by molar-refractivity contribution is 7.99. The molecule has 1 aromatic heterocycles. The zero-order valence-electron chi connectivity index (χ0n) is 13.1. The lowest BCUT2D eigenvalue weighted by atomic mass is 10.1. The summed E-state index contributed by atoms with van der Waals surface area (Å²) in [5.74, 6) is 0.690. The molecule has 0 atom stereocenters. The average Bonchev–Trinajstić information content (AvgIpc) is 3.09. The minimum atomic E-state index is -0.470. The number of ether oxygens (including phenoxy) is 1. The minimum Gasteiger partial charge on any atom is -0.482 e. The third-order valence-electron chi connectivity index (χ3n) is 3.93. The quantitative estimate of drug-likeness (QED) is 0.780. The molecule has 2 aromatic rings. The minimum absolute atomic E-state index is 0.00333. The number of benzene rings is 1. The van der Waals surface area contributed by atoms with Gasteiger partial charge in [-0.2, -0.15) is 0 Å². The number of thioether (sulfide) groups is 1. The Morgan fingerprint density at radius 1 is 1.40 bits per heavy atom. The Morgan fingerprint density at radius 2 is 2.28 bits per heavy atom. The zero-order chi connectivity index (χ0) is 17.4. The van der Waals surface area contributed by atoms with E-state index < -0.39 is 5.91 Å². The summed E-state index contributed by atoms with van der Waals surface area (Å²) in [7, 11) is 0. The van der Waals surface area contributed by atoms with Crippen LogP contribution in [-0.4, -0.2) is 33.7 Å². The summed E-state index contributed by atoms with van der Waals surface area (Å²) in [5, 5.41) is 6.07. The van der Waals surface area contributed by atoms with E-state index in [4.69, 9.17) is 4.74 Å². The SMILES string of the molecule is O=C1COc2ccc(CNC(=O)c3cnc4n(c3=O)CCS4)cc2N1. The maximum absolute atomic E-state index is 12.3. The van der Waals surface area contributed by atoms with Gasteiger partial charge in [0, 0.05) is 25.0 Å². The highest BCUT2D eigenvalue weighted by Gasteiger charge is 2.20. The molecule has 0 unspecified atom stereocenters. The van der Waals surface area contributed by atoms with Crippen molar-refractivity contribution in [2.75, 3.05) is 17.7 Å². The standard InChI is InChI=1S/C16H14N4O4S/c21-13-8-24-12-2-1-9(5-11(12)19-13)6-17-14(22)10-7-18-16-20(15(10)23)3-4-25-16/h1-2,5,7H,3-4,6,8H2,(H,17,22)(H,19,21). The van der Waals surface area contributed by atoms with Gasteiger partial charge in [0.15, 0.2) is 11.8 Å². The zero-order valence-corrected chi connectivity index (χ0v) is 13.9. The molecule has 8 nitrogen and oxygen atoms in total. The summed E-state index contributed by atoms with van der Waals surface area (Å²) in [5.41, 5.74) is 1.06. The van der Waals surface area contributed by atoms with Gasteiger partial charge in [-0.15, -0.1) is 0 Å². The molecule has 4 rings (SSSR count). The molecule has 25 heavy (non-hydrogen) atoms. The summed E-state index contributed by atoms with van der Waals surface area (Å²) in [6.07, 6.45) is 1.32. The van der Waals surface area contributed by atoms with Crippen LogP contribution in [0.4, 0.5) is 5.69 Å². The molecule has 2 aliphatic heterocycles. The fourth-order valence-electron chi connectivity index (χ4n) is 2.69. The molecule has 0 aliphatic carbocycles. The van der Waals surface area contributed by atoms with Crippen LogP contribution in [0.25, 0.3) is 0 Å². The maximum atomic E-state index is 12.3. The predicted octanol–water partition coefficient (Wildman–Crippen LogP) is 0.610. The van der Waals surface area contributed by atoms with Crippen molar-refractivity contribution in [1.29, 1.82) is 0 Å². The highest BCUT2D eigenvalue weighted by Crippen LogP contribution is 2.28. The van der Waals surface area contributed by atoms with E-state index in [2.05, 4.69) is 15.6 Å². The van der Waals surface area contributed by atoms with E-state index in [1.54, 1.807) is 18.2 Å². The third-order valence-corrected chi connectivity index (χ3v) is 4.90. The van der Waals surface area contributed by atoms with Crippen molar-refractivity contribution in [2.45, 2.75) is 18.2 Å². The number of nitrogens with zero attached hydrogens (tertiary/aromatic N) is 2. The predicted molar refractivity (Wildman–Crippen MR) is 91.0 cm³/mol. The van der Waals surface area contributed by atoms with Gasteiger partial charge in [-0.05, 0) is 17.7 Å². The van der Waals surface area contributed by atoms with Crippen LogP contribution in [0, 0.1) is 0 Å². The normalized spacial score (nSPS) is 15.0. The topological polar surface area (TPSA) is 102 Å². The van der Waals surface area contributed by atoms with E-state index in [9.17, 15) is 14.4 Å². The first kappa shape index (κ1) is 15.7. The summed E-state index contributed by atoms with van der Waals surface area (Å²) >= 11 is 1.50. The smallest absolute Gasteiger partial charge is 0.267 e. The molecule has 0 radical (unpaired) electrons. The van der Waals surface area contributed by atoms with E-state index in [1.165, 1.54) is 22.5 Å². The van der Waals surface area contributed by atoms with Gasteiger partial charge in [0.05, 0.1) is 5.69 Å². The van der Waals surface area contributed by atoms with Crippen molar-refractivity contribution < 1.29 is 14.3 Å². The van der Waals surface area contributed by atoms with Gasteiger partial charge in [-0.3, -0.25) is 19.0 Å². The monoisotopic (exact) mass is 358 g/mol. The first-order chi connectivity index (χ1) is 12.1.